The molecule has 0 saturated heterocycles. The summed E-state index contributed by atoms with van der Waals surface area (Å²) in [6, 6.07) is 12.6. The standard InChI is InChI=1S/C20H19ClO3/c1-13-8-9-17(12-14(13)2)20(23)15(3)24-19(22)11-10-16-6-4-5-7-18(16)21/h4-12,15H,1-3H3/b11-10+/t15-/m1/s1. The van der Waals surface area contributed by atoms with Gasteiger partial charge in [-0.1, -0.05) is 41.9 Å². The first-order chi connectivity index (χ1) is 11.4. The van der Waals surface area contributed by atoms with Crippen LogP contribution in [-0.4, -0.2) is 17.9 Å². The number of hydrogen-bond acceptors (Lipinski definition) is 3. The molecule has 4 heteroatoms. The van der Waals surface area contributed by atoms with Gasteiger partial charge >= 0.3 is 5.97 Å². The molecule has 0 bridgehead atoms. The second-order valence-electron chi connectivity index (χ2n) is 5.60. The molecule has 0 heterocycles. The third kappa shape index (κ3) is 4.56. The lowest BCUT2D eigenvalue weighted by molar-refractivity contribution is -0.140. The molecule has 3 nitrogen and oxygen atoms in total. The number of aryl methyl sites for hydroxylation is 2. The van der Waals surface area contributed by atoms with E-state index in [4.69, 9.17) is 16.3 Å². The Balaban J connectivity index is 2.01. The average molecular weight is 343 g/mol. The Morgan fingerprint density at radius 3 is 2.46 bits per heavy atom. The highest BCUT2D eigenvalue weighted by molar-refractivity contribution is 6.32. The predicted octanol–water partition coefficient (Wildman–Crippen LogP) is 4.78. The summed E-state index contributed by atoms with van der Waals surface area (Å²) in [6.07, 6.45) is 1.99. The van der Waals surface area contributed by atoms with Crippen molar-refractivity contribution in [3.8, 4) is 0 Å². The molecule has 0 amide bonds. The summed E-state index contributed by atoms with van der Waals surface area (Å²) >= 11 is 6.01. The highest BCUT2D eigenvalue weighted by atomic mass is 35.5. The minimum Gasteiger partial charge on any atom is -0.451 e. The third-order valence-corrected chi connectivity index (χ3v) is 4.10. The lowest BCUT2D eigenvalue weighted by Gasteiger charge is -2.12. The van der Waals surface area contributed by atoms with Gasteiger partial charge in [0.05, 0.1) is 0 Å². The molecular formula is C20H19ClO3. The second-order valence-corrected chi connectivity index (χ2v) is 6.00. The number of carbonyl (C=O) groups excluding carboxylic acids is 2. The van der Waals surface area contributed by atoms with Gasteiger partial charge in [0, 0.05) is 16.7 Å². The van der Waals surface area contributed by atoms with E-state index in [1.807, 2.05) is 38.1 Å². The van der Waals surface area contributed by atoms with Crippen molar-refractivity contribution in [2.24, 2.45) is 0 Å². The number of esters is 1. The maximum atomic E-state index is 12.3. The summed E-state index contributed by atoms with van der Waals surface area (Å²) in [5.74, 6) is -0.808. The number of rotatable bonds is 5. The molecule has 0 N–H and O–H groups in total. The number of ether oxygens (including phenoxy) is 1. The molecule has 124 valence electrons. The first kappa shape index (κ1) is 18.0. The van der Waals surface area contributed by atoms with Crippen LogP contribution in [0, 0.1) is 13.8 Å². The van der Waals surface area contributed by atoms with Crippen molar-refractivity contribution in [3.63, 3.8) is 0 Å². The van der Waals surface area contributed by atoms with Gasteiger partial charge in [0.15, 0.2) is 6.10 Å². The highest BCUT2D eigenvalue weighted by Gasteiger charge is 2.18. The predicted molar refractivity (Wildman–Crippen MR) is 96.3 cm³/mol. The lowest BCUT2D eigenvalue weighted by Crippen LogP contribution is -2.23. The summed E-state index contributed by atoms with van der Waals surface area (Å²) in [4.78, 5) is 24.2. The number of halogens is 1. The van der Waals surface area contributed by atoms with E-state index in [0.717, 1.165) is 11.1 Å². The van der Waals surface area contributed by atoms with Gasteiger partial charge in [-0.05, 0) is 55.7 Å². The number of Topliss-reactive ketones (excluding diaryl/α,β-unsaturated/α-hetero) is 1. The van der Waals surface area contributed by atoms with Crippen LogP contribution in [0.25, 0.3) is 6.08 Å². The van der Waals surface area contributed by atoms with Crippen LogP contribution in [0.2, 0.25) is 5.02 Å². The largest absolute Gasteiger partial charge is 0.451 e. The molecule has 0 fully saturated rings. The Morgan fingerprint density at radius 2 is 1.79 bits per heavy atom. The van der Waals surface area contributed by atoms with Crippen molar-refractivity contribution in [2.45, 2.75) is 26.9 Å². The molecule has 2 aromatic carbocycles. The smallest absolute Gasteiger partial charge is 0.331 e. The van der Waals surface area contributed by atoms with E-state index in [0.29, 0.717) is 16.1 Å². The van der Waals surface area contributed by atoms with Crippen LogP contribution in [0.5, 0.6) is 0 Å². The van der Waals surface area contributed by atoms with Gasteiger partial charge in [-0.3, -0.25) is 4.79 Å². The van der Waals surface area contributed by atoms with E-state index in [-0.39, 0.29) is 5.78 Å². The van der Waals surface area contributed by atoms with Gasteiger partial charge < -0.3 is 4.74 Å². The molecule has 2 aromatic rings. The normalized spacial score (nSPS) is 12.2. The summed E-state index contributed by atoms with van der Waals surface area (Å²) in [6.45, 7) is 5.49. The lowest BCUT2D eigenvalue weighted by atomic mass is 10.0. The van der Waals surface area contributed by atoms with Crippen molar-refractivity contribution >= 4 is 29.4 Å². The average Bonchev–Trinajstić information content (AvgIpc) is 2.56. The maximum Gasteiger partial charge on any atom is 0.331 e. The van der Waals surface area contributed by atoms with Crippen LogP contribution in [0.4, 0.5) is 0 Å². The van der Waals surface area contributed by atoms with E-state index < -0.39 is 12.1 Å². The highest BCUT2D eigenvalue weighted by Crippen LogP contribution is 2.17. The van der Waals surface area contributed by atoms with Gasteiger partial charge in [-0.15, -0.1) is 0 Å². The topological polar surface area (TPSA) is 43.4 Å². The molecule has 0 radical (unpaired) electrons. The van der Waals surface area contributed by atoms with Crippen molar-refractivity contribution in [2.75, 3.05) is 0 Å². The van der Waals surface area contributed by atoms with Crippen LogP contribution < -0.4 is 0 Å². The molecule has 2 rings (SSSR count). The molecule has 0 unspecified atom stereocenters. The molecule has 0 aliphatic heterocycles. The SMILES string of the molecule is Cc1ccc(C(=O)[C@@H](C)OC(=O)/C=C/c2ccccc2Cl)cc1C. The monoisotopic (exact) mass is 342 g/mol. The number of carbonyl (C=O) groups is 2. The van der Waals surface area contributed by atoms with E-state index >= 15 is 0 Å². The fourth-order valence-corrected chi connectivity index (χ4v) is 2.36. The zero-order chi connectivity index (χ0) is 17.7. The molecule has 0 aliphatic carbocycles. The van der Waals surface area contributed by atoms with Gasteiger partial charge in [0.2, 0.25) is 5.78 Å². The molecule has 24 heavy (non-hydrogen) atoms. The van der Waals surface area contributed by atoms with E-state index in [9.17, 15) is 9.59 Å². The van der Waals surface area contributed by atoms with Crippen molar-refractivity contribution in [1.82, 2.24) is 0 Å². The first-order valence-corrected chi connectivity index (χ1v) is 8.01. The summed E-state index contributed by atoms with van der Waals surface area (Å²) in [5, 5.41) is 0.542. The number of hydrogen-bond donors (Lipinski definition) is 0. The Kier molecular flexibility index (Phi) is 5.93. The number of ketones is 1. The minimum atomic E-state index is -0.851. The summed E-state index contributed by atoms with van der Waals surface area (Å²) in [5.41, 5.74) is 3.38. The van der Waals surface area contributed by atoms with Crippen LogP contribution in [0.15, 0.2) is 48.5 Å². The second kappa shape index (κ2) is 7.93. The molecule has 0 aliphatic rings. The first-order valence-electron chi connectivity index (χ1n) is 7.63. The summed E-state index contributed by atoms with van der Waals surface area (Å²) < 4.78 is 5.18. The Bertz CT molecular complexity index is 793. The Hall–Kier alpha value is -2.39. The molecule has 0 spiro atoms. The zero-order valence-electron chi connectivity index (χ0n) is 13.9. The van der Waals surface area contributed by atoms with E-state index in [1.54, 1.807) is 31.2 Å². The van der Waals surface area contributed by atoms with Gasteiger partial charge in [0.25, 0.3) is 0 Å². The fraction of sp³-hybridized carbons (Fsp3) is 0.200. The van der Waals surface area contributed by atoms with Gasteiger partial charge in [0.1, 0.15) is 0 Å². The molecular weight excluding hydrogens is 324 g/mol. The zero-order valence-corrected chi connectivity index (χ0v) is 14.6. The van der Waals surface area contributed by atoms with E-state index in [1.165, 1.54) is 6.08 Å². The van der Waals surface area contributed by atoms with E-state index in [2.05, 4.69) is 0 Å². The minimum absolute atomic E-state index is 0.224. The van der Waals surface area contributed by atoms with Crippen molar-refractivity contribution in [3.05, 3.63) is 75.8 Å². The van der Waals surface area contributed by atoms with Crippen LogP contribution in [-0.2, 0) is 9.53 Å². The maximum absolute atomic E-state index is 12.3. The molecule has 0 saturated carbocycles. The van der Waals surface area contributed by atoms with Crippen molar-refractivity contribution < 1.29 is 14.3 Å². The third-order valence-electron chi connectivity index (χ3n) is 3.76. The van der Waals surface area contributed by atoms with Gasteiger partial charge in [-0.25, -0.2) is 4.79 Å². The number of benzene rings is 2. The van der Waals surface area contributed by atoms with Gasteiger partial charge in [-0.2, -0.15) is 0 Å². The molecule has 0 aromatic heterocycles. The quantitative estimate of drug-likeness (QED) is 0.446. The Morgan fingerprint density at radius 1 is 1.08 bits per heavy atom. The Labute approximate surface area is 146 Å². The summed E-state index contributed by atoms with van der Waals surface area (Å²) in [7, 11) is 0. The fourth-order valence-electron chi connectivity index (χ4n) is 2.16. The molecule has 1 atom stereocenters. The van der Waals surface area contributed by atoms with Crippen LogP contribution >= 0.6 is 11.6 Å². The van der Waals surface area contributed by atoms with Crippen LogP contribution in [0.3, 0.4) is 0 Å². The van der Waals surface area contributed by atoms with Crippen LogP contribution in [0.1, 0.15) is 34.0 Å². The van der Waals surface area contributed by atoms with Crippen molar-refractivity contribution in [1.29, 1.82) is 0 Å².